The van der Waals surface area contributed by atoms with Gasteiger partial charge in [0.15, 0.2) is 11.6 Å². The Morgan fingerprint density at radius 2 is 1.50 bits per heavy atom. The summed E-state index contributed by atoms with van der Waals surface area (Å²) >= 11 is 0. The zero-order valence-electron chi connectivity index (χ0n) is 18.5. The highest BCUT2D eigenvalue weighted by Crippen LogP contribution is 2.22. The molecule has 0 bridgehead atoms. The van der Waals surface area contributed by atoms with E-state index in [1.54, 1.807) is 24.3 Å². The molecule has 0 saturated carbocycles. The summed E-state index contributed by atoms with van der Waals surface area (Å²) in [7, 11) is -7.52. The first-order valence-electron chi connectivity index (χ1n) is 10.3. The Morgan fingerprint density at radius 3 is 2.14 bits per heavy atom. The van der Waals surface area contributed by atoms with Gasteiger partial charge in [0.1, 0.15) is 4.90 Å². The molecule has 0 spiro atoms. The summed E-state index contributed by atoms with van der Waals surface area (Å²) < 4.78 is 64.2. The summed E-state index contributed by atoms with van der Waals surface area (Å²) in [6.07, 6.45) is 3.73. The molecule has 2 aromatic carbocycles. The molecule has 0 radical (unpaired) electrons. The molecule has 11 nitrogen and oxygen atoms in total. The molecule has 4 aromatic rings. The first-order chi connectivity index (χ1) is 17.1. The predicted octanol–water partition coefficient (Wildman–Crippen LogP) is 2.62. The van der Waals surface area contributed by atoms with E-state index in [-0.39, 0.29) is 28.1 Å². The van der Waals surface area contributed by atoms with Gasteiger partial charge < -0.3 is 10.6 Å². The summed E-state index contributed by atoms with van der Waals surface area (Å²) in [5.74, 6) is -0.721. The molecule has 2 aromatic heterocycles. The predicted molar refractivity (Wildman–Crippen MR) is 131 cm³/mol. The second-order valence-electron chi connectivity index (χ2n) is 7.42. The number of nitrogens with zero attached hydrogens (tertiary/aromatic N) is 3. The van der Waals surface area contributed by atoms with Crippen LogP contribution in [0.2, 0.25) is 0 Å². The SMILES string of the molecule is NS(=O)(=O)c1ccc(Nc2ncc(F)c(Nc3ccc(CNS(=O)(=O)c4cccnc4)cc3)n2)cc1. The van der Waals surface area contributed by atoms with Crippen molar-refractivity contribution >= 4 is 43.2 Å². The van der Waals surface area contributed by atoms with Crippen LogP contribution in [0.1, 0.15) is 5.56 Å². The minimum atomic E-state index is -3.82. The van der Waals surface area contributed by atoms with Crippen LogP contribution in [-0.2, 0) is 26.6 Å². The largest absolute Gasteiger partial charge is 0.338 e. The maximum absolute atomic E-state index is 14.3. The zero-order valence-corrected chi connectivity index (χ0v) is 20.1. The van der Waals surface area contributed by atoms with Crippen molar-refractivity contribution in [2.75, 3.05) is 10.6 Å². The molecule has 4 rings (SSSR count). The lowest BCUT2D eigenvalue weighted by Crippen LogP contribution is -2.23. The number of aromatic nitrogens is 3. The van der Waals surface area contributed by atoms with Gasteiger partial charge in [-0.1, -0.05) is 12.1 Å². The Kier molecular flexibility index (Phi) is 7.21. The summed E-state index contributed by atoms with van der Waals surface area (Å²) in [5.41, 5.74) is 1.66. The summed E-state index contributed by atoms with van der Waals surface area (Å²) in [6.45, 7) is 0.0533. The monoisotopic (exact) mass is 529 g/mol. The van der Waals surface area contributed by atoms with E-state index in [0.717, 1.165) is 6.20 Å². The van der Waals surface area contributed by atoms with Crippen molar-refractivity contribution in [3.63, 3.8) is 0 Å². The number of anilines is 4. The molecular weight excluding hydrogens is 509 g/mol. The van der Waals surface area contributed by atoms with Crippen molar-refractivity contribution in [2.45, 2.75) is 16.3 Å². The van der Waals surface area contributed by atoms with E-state index in [0.29, 0.717) is 16.9 Å². The van der Waals surface area contributed by atoms with Gasteiger partial charge in [0.05, 0.1) is 11.1 Å². The van der Waals surface area contributed by atoms with Gasteiger partial charge in [-0.3, -0.25) is 4.98 Å². The third kappa shape index (κ3) is 6.37. The number of pyridine rings is 1. The Hall–Kier alpha value is -3.98. The van der Waals surface area contributed by atoms with Crippen LogP contribution in [0.25, 0.3) is 0 Å². The Labute approximate surface area is 206 Å². The molecule has 186 valence electrons. The lowest BCUT2D eigenvalue weighted by Gasteiger charge is -2.11. The van der Waals surface area contributed by atoms with E-state index in [1.165, 1.54) is 48.8 Å². The lowest BCUT2D eigenvalue weighted by atomic mass is 10.2. The fraction of sp³-hybridized carbons (Fsp3) is 0.0455. The average molecular weight is 530 g/mol. The van der Waals surface area contributed by atoms with E-state index in [1.807, 2.05) is 0 Å². The molecule has 5 N–H and O–H groups in total. The number of hydrogen-bond donors (Lipinski definition) is 4. The highest BCUT2D eigenvalue weighted by atomic mass is 32.2. The minimum absolute atomic E-state index is 0.0521. The maximum atomic E-state index is 14.3. The van der Waals surface area contributed by atoms with Gasteiger partial charge in [-0.2, -0.15) is 4.98 Å². The van der Waals surface area contributed by atoms with Crippen LogP contribution in [0.3, 0.4) is 0 Å². The van der Waals surface area contributed by atoms with Crippen LogP contribution in [0.15, 0.2) is 89.0 Å². The third-order valence-corrected chi connectivity index (χ3v) is 7.13. The van der Waals surface area contributed by atoms with Crippen LogP contribution in [0, 0.1) is 5.82 Å². The number of benzene rings is 2. The van der Waals surface area contributed by atoms with Crippen molar-refractivity contribution < 1.29 is 21.2 Å². The highest BCUT2D eigenvalue weighted by Gasteiger charge is 2.14. The number of nitrogens with one attached hydrogen (secondary N) is 3. The maximum Gasteiger partial charge on any atom is 0.242 e. The fourth-order valence-electron chi connectivity index (χ4n) is 2.98. The van der Waals surface area contributed by atoms with Crippen molar-refractivity contribution in [1.29, 1.82) is 0 Å². The molecule has 0 amide bonds. The summed E-state index contributed by atoms with van der Waals surface area (Å²) in [6, 6.07) is 15.2. The molecule has 0 aliphatic heterocycles. The van der Waals surface area contributed by atoms with Gasteiger partial charge in [-0.15, -0.1) is 0 Å². The smallest absolute Gasteiger partial charge is 0.242 e. The number of nitrogens with two attached hydrogens (primary N) is 1. The second-order valence-corrected chi connectivity index (χ2v) is 10.7. The fourth-order valence-corrected chi connectivity index (χ4v) is 4.48. The highest BCUT2D eigenvalue weighted by molar-refractivity contribution is 7.89. The molecule has 0 aliphatic carbocycles. The van der Waals surface area contributed by atoms with E-state index in [2.05, 4.69) is 30.3 Å². The Balaban J connectivity index is 1.41. The molecule has 0 aliphatic rings. The molecule has 0 unspecified atom stereocenters. The molecule has 0 fully saturated rings. The van der Waals surface area contributed by atoms with Crippen LogP contribution in [0.5, 0.6) is 0 Å². The van der Waals surface area contributed by atoms with Gasteiger partial charge in [0, 0.05) is 30.3 Å². The third-order valence-electron chi connectivity index (χ3n) is 4.81. The first kappa shape index (κ1) is 25.1. The van der Waals surface area contributed by atoms with Gasteiger partial charge in [-0.05, 0) is 54.1 Å². The first-order valence-corrected chi connectivity index (χ1v) is 13.3. The van der Waals surface area contributed by atoms with Crippen LogP contribution < -0.4 is 20.5 Å². The Bertz CT molecular complexity index is 1570. The molecular formula is C22H20FN7O4S2. The molecule has 2 heterocycles. The van der Waals surface area contributed by atoms with Gasteiger partial charge in [-0.25, -0.2) is 36.1 Å². The number of halogens is 1. The standard InChI is InChI=1S/C22H20FN7O4S2/c23-20-14-26-22(29-17-7-9-18(10-8-17)35(24,31)32)30-21(20)28-16-5-3-15(4-6-16)12-27-36(33,34)19-2-1-11-25-13-19/h1-11,13-14,27H,12H2,(H2,24,31,32)(H2,26,28,29,30). The topological polar surface area (TPSA) is 169 Å². The summed E-state index contributed by atoms with van der Waals surface area (Å²) in [4.78, 5) is 11.8. The minimum Gasteiger partial charge on any atom is -0.338 e. The summed E-state index contributed by atoms with van der Waals surface area (Å²) in [5, 5.41) is 10.8. The van der Waals surface area contributed by atoms with Crippen molar-refractivity contribution in [3.05, 3.63) is 90.6 Å². The average Bonchev–Trinajstić information content (AvgIpc) is 2.86. The van der Waals surface area contributed by atoms with Crippen molar-refractivity contribution in [1.82, 2.24) is 19.7 Å². The quantitative estimate of drug-likeness (QED) is 0.255. The van der Waals surface area contributed by atoms with E-state index >= 15 is 0 Å². The lowest BCUT2D eigenvalue weighted by molar-refractivity contribution is 0.580. The van der Waals surface area contributed by atoms with Gasteiger partial charge in [0.2, 0.25) is 26.0 Å². The van der Waals surface area contributed by atoms with Crippen molar-refractivity contribution in [2.24, 2.45) is 5.14 Å². The van der Waals surface area contributed by atoms with Crippen molar-refractivity contribution in [3.8, 4) is 0 Å². The van der Waals surface area contributed by atoms with Gasteiger partial charge >= 0.3 is 0 Å². The van der Waals surface area contributed by atoms with Crippen LogP contribution in [-0.4, -0.2) is 31.8 Å². The normalized spacial score (nSPS) is 11.7. The molecule has 0 atom stereocenters. The van der Waals surface area contributed by atoms with Crippen LogP contribution >= 0.6 is 0 Å². The second kappa shape index (κ2) is 10.3. The number of sulfonamides is 2. The molecule has 0 saturated heterocycles. The van der Waals surface area contributed by atoms with E-state index in [4.69, 9.17) is 5.14 Å². The molecule has 14 heteroatoms. The zero-order chi connectivity index (χ0) is 25.8. The Morgan fingerprint density at radius 1 is 0.833 bits per heavy atom. The molecule has 36 heavy (non-hydrogen) atoms. The number of hydrogen-bond acceptors (Lipinski definition) is 9. The van der Waals surface area contributed by atoms with Crippen LogP contribution in [0.4, 0.5) is 27.5 Å². The number of primary sulfonamides is 1. The van der Waals surface area contributed by atoms with E-state index < -0.39 is 25.9 Å². The number of rotatable bonds is 9. The van der Waals surface area contributed by atoms with Gasteiger partial charge in [0.25, 0.3) is 0 Å². The van der Waals surface area contributed by atoms with E-state index in [9.17, 15) is 21.2 Å².